The van der Waals surface area contributed by atoms with Crippen LogP contribution in [0, 0.1) is 0 Å². The van der Waals surface area contributed by atoms with Crippen molar-refractivity contribution < 1.29 is 19.4 Å². The smallest absolute Gasteiger partial charge is 0.339 e. The van der Waals surface area contributed by atoms with Gasteiger partial charge in [0.15, 0.2) is 11.5 Å². The molecule has 0 radical (unpaired) electrons. The van der Waals surface area contributed by atoms with Crippen LogP contribution in [0.25, 0.3) is 10.8 Å². The number of ether oxygens (including phenoxy) is 2. The largest absolute Gasteiger partial charge is 0.478 e. The molecule has 1 atom stereocenters. The standard InChI is InChI=1S/C19H14O4/c1-19(14-10-9-12-5-2-3-6-13(12)11-14)22-16-8-4-7-15(18(20)21)17(16)23-19/h2-11H,1H3,(H,20,21). The van der Waals surface area contributed by atoms with Gasteiger partial charge in [0.25, 0.3) is 5.79 Å². The number of fused-ring (bicyclic) bond motifs is 2. The normalized spacial score (nSPS) is 19.0. The van der Waals surface area contributed by atoms with E-state index in [9.17, 15) is 9.90 Å². The molecule has 4 heteroatoms. The summed E-state index contributed by atoms with van der Waals surface area (Å²) >= 11 is 0. The lowest BCUT2D eigenvalue weighted by Crippen LogP contribution is -2.31. The van der Waals surface area contributed by atoms with Crippen molar-refractivity contribution in [3.05, 3.63) is 71.8 Å². The first-order chi connectivity index (χ1) is 11.1. The Morgan fingerprint density at radius 1 is 0.957 bits per heavy atom. The Hall–Kier alpha value is -3.01. The van der Waals surface area contributed by atoms with E-state index in [0.29, 0.717) is 5.75 Å². The number of rotatable bonds is 2. The van der Waals surface area contributed by atoms with E-state index < -0.39 is 11.8 Å². The summed E-state index contributed by atoms with van der Waals surface area (Å²) in [5.41, 5.74) is 0.941. The molecule has 0 bridgehead atoms. The van der Waals surface area contributed by atoms with Crippen LogP contribution in [-0.2, 0) is 5.79 Å². The van der Waals surface area contributed by atoms with Gasteiger partial charge < -0.3 is 14.6 Å². The van der Waals surface area contributed by atoms with Crippen molar-refractivity contribution in [2.45, 2.75) is 12.7 Å². The topological polar surface area (TPSA) is 55.8 Å². The number of para-hydroxylation sites is 1. The zero-order chi connectivity index (χ0) is 16.0. The zero-order valence-corrected chi connectivity index (χ0v) is 12.4. The number of hydrogen-bond acceptors (Lipinski definition) is 3. The molecule has 0 amide bonds. The van der Waals surface area contributed by atoms with E-state index in [1.165, 1.54) is 6.07 Å². The Morgan fingerprint density at radius 2 is 1.74 bits per heavy atom. The third kappa shape index (κ3) is 2.11. The van der Waals surface area contributed by atoms with Gasteiger partial charge in [0.1, 0.15) is 5.56 Å². The maximum atomic E-state index is 11.3. The fraction of sp³-hybridized carbons (Fsp3) is 0.105. The van der Waals surface area contributed by atoms with Crippen LogP contribution in [0.5, 0.6) is 11.5 Å². The van der Waals surface area contributed by atoms with Crippen LogP contribution in [0.4, 0.5) is 0 Å². The Bertz CT molecular complexity index is 932. The number of aromatic carboxylic acids is 1. The van der Waals surface area contributed by atoms with E-state index in [0.717, 1.165) is 16.3 Å². The van der Waals surface area contributed by atoms with Crippen LogP contribution < -0.4 is 9.47 Å². The van der Waals surface area contributed by atoms with Gasteiger partial charge >= 0.3 is 5.97 Å². The molecular weight excluding hydrogens is 292 g/mol. The van der Waals surface area contributed by atoms with Gasteiger partial charge in [-0.1, -0.05) is 42.5 Å². The predicted octanol–water partition coefficient (Wildman–Crippen LogP) is 4.18. The van der Waals surface area contributed by atoms with Crippen molar-refractivity contribution in [2.24, 2.45) is 0 Å². The minimum absolute atomic E-state index is 0.104. The number of benzene rings is 3. The minimum Gasteiger partial charge on any atom is -0.478 e. The van der Waals surface area contributed by atoms with Crippen LogP contribution in [0.2, 0.25) is 0 Å². The summed E-state index contributed by atoms with van der Waals surface area (Å²) in [6, 6.07) is 18.8. The summed E-state index contributed by atoms with van der Waals surface area (Å²) in [7, 11) is 0. The molecule has 0 saturated heterocycles. The van der Waals surface area contributed by atoms with Crippen molar-refractivity contribution in [2.75, 3.05) is 0 Å². The van der Waals surface area contributed by atoms with Gasteiger partial charge in [0, 0.05) is 12.5 Å². The molecule has 0 aromatic heterocycles. The SMILES string of the molecule is CC1(c2ccc3ccccc3c2)Oc2cccc(C(=O)O)c2O1. The van der Waals surface area contributed by atoms with Gasteiger partial charge in [-0.25, -0.2) is 4.79 Å². The molecule has 1 aliphatic rings. The molecule has 1 N–H and O–H groups in total. The molecule has 0 aliphatic carbocycles. The van der Waals surface area contributed by atoms with Crippen molar-refractivity contribution in [3.8, 4) is 11.5 Å². The van der Waals surface area contributed by atoms with E-state index in [4.69, 9.17) is 9.47 Å². The molecule has 114 valence electrons. The van der Waals surface area contributed by atoms with Crippen LogP contribution in [0.3, 0.4) is 0 Å². The molecule has 1 unspecified atom stereocenters. The molecular formula is C19H14O4. The first kappa shape index (κ1) is 13.6. The number of carbonyl (C=O) groups is 1. The monoisotopic (exact) mass is 306 g/mol. The number of hydrogen-bond donors (Lipinski definition) is 1. The van der Waals surface area contributed by atoms with E-state index in [2.05, 4.69) is 0 Å². The molecule has 1 heterocycles. The average Bonchev–Trinajstić information content (AvgIpc) is 2.91. The van der Waals surface area contributed by atoms with Crippen molar-refractivity contribution in [1.29, 1.82) is 0 Å². The fourth-order valence-electron chi connectivity index (χ4n) is 2.88. The molecule has 3 aromatic carbocycles. The van der Waals surface area contributed by atoms with E-state index in [-0.39, 0.29) is 11.3 Å². The summed E-state index contributed by atoms with van der Waals surface area (Å²) < 4.78 is 11.9. The Labute approximate surface area is 132 Å². The quantitative estimate of drug-likeness (QED) is 0.771. The van der Waals surface area contributed by atoms with Gasteiger partial charge in [-0.2, -0.15) is 0 Å². The summed E-state index contributed by atoms with van der Waals surface area (Å²) in [5.74, 6) is -1.36. The lowest BCUT2D eigenvalue weighted by Gasteiger charge is -2.24. The molecule has 3 aromatic rings. The predicted molar refractivity (Wildman–Crippen MR) is 86.0 cm³/mol. The van der Waals surface area contributed by atoms with E-state index >= 15 is 0 Å². The second-order valence-electron chi connectivity index (χ2n) is 5.65. The van der Waals surface area contributed by atoms with Crippen molar-refractivity contribution >= 4 is 16.7 Å². The minimum atomic E-state index is -1.04. The first-order valence-electron chi connectivity index (χ1n) is 7.30. The first-order valence-corrected chi connectivity index (χ1v) is 7.30. The molecule has 0 spiro atoms. The highest BCUT2D eigenvalue weighted by molar-refractivity contribution is 5.92. The number of carboxylic acid groups (broad SMARTS) is 1. The van der Waals surface area contributed by atoms with Crippen LogP contribution >= 0.6 is 0 Å². The van der Waals surface area contributed by atoms with E-state index in [1.807, 2.05) is 42.5 Å². The average molecular weight is 306 g/mol. The lowest BCUT2D eigenvalue weighted by atomic mass is 10.0. The highest BCUT2D eigenvalue weighted by Crippen LogP contribution is 2.46. The van der Waals surface area contributed by atoms with E-state index in [1.54, 1.807) is 19.1 Å². The number of carboxylic acids is 1. The van der Waals surface area contributed by atoms with Crippen molar-refractivity contribution in [1.82, 2.24) is 0 Å². The maximum absolute atomic E-state index is 11.3. The van der Waals surface area contributed by atoms with Crippen molar-refractivity contribution in [3.63, 3.8) is 0 Å². The molecule has 0 fully saturated rings. The Morgan fingerprint density at radius 3 is 2.52 bits per heavy atom. The van der Waals surface area contributed by atoms with Gasteiger partial charge in [0.05, 0.1) is 0 Å². The summed E-state index contributed by atoms with van der Waals surface area (Å²) in [5, 5.41) is 11.5. The fourth-order valence-corrected chi connectivity index (χ4v) is 2.88. The van der Waals surface area contributed by atoms with Crippen LogP contribution in [-0.4, -0.2) is 11.1 Å². The summed E-state index contributed by atoms with van der Waals surface area (Å²) in [6.45, 7) is 1.79. The van der Waals surface area contributed by atoms with Gasteiger partial charge in [-0.15, -0.1) is 0 Å². The molecule has 4 rings (SSSR count). The molecule has 0 saturated carbocycles. The summed E-state index contributed by atoms with van der Waals surface area (Å²) in [4.78, 5) is 11.3. The third-order valence-electron chi connectivity index (χ3n) is 4.08. The molecule has 1 aliphatic heterocycles. The van der Waals surface area contributed by atoms with Crippen LogP contribution in [0.1, 0.15) is 22.8 Å². The third-order valence-corrected chi connectivity index (χ3v) is 4.08. The Kier molecular flexibility index (Phi) is 2.81. The molecule has 23 heavy (non-hydrogen) atoms. The second-order valence-corrected chi connectivity index (χ2v) is 5.65. The highest BCUT2D eigenvalue weighted by Gasteiger charge is 2.40. The van der Waals surface area contributed by atoms with Crippen LogP contribution in [0.15, 0.2) is 60.7 Å². The van der Waals surface area contributed by atoms with Gasteiger partial charge in [-0.05, 0) is 29.0 Å². The highest BCUT2D eigenvalue weighted by atomic mass is 16.7. The lowest BCUT2D eigenvalue weighted by molar-refractivity contribution is -0.0681. The zero-order valence-electron chi connectivity index (χ0n) is 12.4. The molecule has 4 nitrogen and oxygen atoms in total. The van der Waals surface area contributed by atoms with Gasteiger partial charge in [-0.3, -0.25) is 0 Å². The summed E-state index contributed by atoms with van der Waals surface area (Å²) in [6.07, 6.45) is 0. The second kappa shape index (κ2) is 4.74. The van der Waals surface area contributed by atoms with Gasteiger partial charge in [0.2, 0.25) is 0 Å². The Balaban J connectivity index is 1.80. The maximum Gasteiger partial charge on any atom is 0.339 e.